The van der Waals surface area contributed by atoms with Crippen LogP contribution in [0.2, 0.25) is 0 Å². The summed E-state index contributed by atoms with van der Waals surface area (Å²) in [4.78, 5) is 36.5. The van der Waals surface area contributed by atoms with Gasteiger partial charge in [0.15, 0.2) is 0 Å². The molecule has 33 heavy (non-hydrogen) atoms. The number of nitrogens with zero attached hydrogens (tertiary/aromatic N) is 6. The van der Waals surface area contributed by atoms with Crippen LogP contribution in [0.5, 0.6) is 0 Å². The van der Waals surface area contributed by atoms with Crippen LogP contribution in [0.25, 0.3) is 11.1 Å². The summed E-state index contributed by atoms with van der Waals surface area (Å²) in [6.07, 6.45) is 7.44. The fourth-order valence-electron chi connectivity index (χ4n) is 3.82. The number of aromatic nitrogens is 4. The predicted octanol–water partition coefficient (Wildman–Crippen LogP) is 3.71. The predicted molar refractivity (Wildman–Crippen MR) is 122 cm³/mol. The number of rotatable bonds is 4. The average molecular weight is 450 g/mol. The molecule has 0 N–H and O–H groups in total. The molecule has 0 saturated carbocycles. The third-order valence-electron chi connectivity index (χ3n) is 5.27. The lowest BCUT2D eigenvalue weighted by molar-refractivity contribution is 0.121. The van der Waals surface area contributed by atoms with Crippen LogP contribution in [0.4, 0.5) is 21.0 Å². The molecule has 0 fully saturated rings. The van der Waals surface area contributed by atoms with Crippen molar-refractivity contribution in [3.63, 3.8) is 0 Å². The summed E-state index contributed by atoms with van der Waals surface area (Å²) in [6, 6.07) is 5.29. The Morgan fingerprint density at radius 1 is 1.09 bits per heavy atom. The van der Waals surface area contributed by atoms with Crippen LogP contribution >= 0.6 is 0 Å². The Morgan fingerprint density at radius 2 is 1.85 bits per heavy atom. The Labute approximate surface area is 191 Å². The second kappa shape index (κ2) is 9.27. The van der Waals surface area contributed by atoms with Crippen molar-refractivity contribution in [2.24, 2.45) is 0 Å². The lowest BCUT2D eigenvalue weighted by Gasteiger charge is -2.40. The van der Waals surface area contributed by atoms with Gasteiger partial charge in [-0.25, -0.2) is 19.6 Å². The van der Waals surface area contributed by atoms with Gasteiger partial charge in [0.05, 0.1) is 49.9 Å². The van der Waals surface area contributed by atoms with Gasteiger partial charge in [0, 0.05) is 29.7 Å². The van der Waals surface area contributed by atoms with Gasteiger partial charge in [0.1, 0.15) is 6.33 Å². The zero-order valence-electron chi connectivity index (χ0n) is 19.0. The third-order valence-corrected chi connectivity index (χ3v) is 5.27. The van der Waals surface area contributed by atoms with Gasteiger partial charge in [0.25, 0.3) is 0 Å². The van der Waals surface area contributed by atoms with E-state index in [1.807, 2.05) is 31.3 Å². The number of carbonyl (C=O) groups is 2. The molecular weight excluding hydrogens is 424 g/mol. The zero-order chi connectivity index (χ0) is 23.5. The molecule has 1 aromatic carbocycles. The quantitative estimate of drug-likeness (QED) is 0.597. The van der Waals surface area contributed by atoms with Crippen LogP contribution < -0.4 is 9.80 Å². The van der Waals surface area contributed by atoms with Gasteiger partial charge in [-0.1, -0.05) is 6.07 Å². The molecule has 3 aromatic rings. The first-order valence-corrected chi connectivity index (χ1v) is 10.6. The van der Waals surface area contributed by atoms with Gasteiger partial charge in [-0.15, -0.1) is 0 Å². The van der Waals surface area contributed by atoms with Crippen molar-refractivity contribution in [1.82, 2.24) is 19.7 Å². The Balaban J connectivity index is 1.70. The van der Waals surface area contributed by atoms with Crippen LogP contribution in [-0.2, 0) is 16.0 Å². The maximum atomic E-state index is 12.9. The van der Waals surface area contributed by atoms with E-state index in [-0.39, 0.29) is 18.7 Å². The highest BCUT2D eigenvalue weighted by molar-refractivity contribution is 6.01. The van der Waals surface area contributed by atoms with Crippen molar-refractivity contribution >= 4 is 23.6 Å². The summed E-state index contributed by atoms with van der Waals surface area (Å²) in [7, 11) is 1.34. The van der Waals surface area contributed by atoms with E-state index in [0.717, 1.165) is 16.7 Å². The Hall–Kier alpha value is -3.95. The molecule has 0 unspecified atom stereocenters. The van der Waals surface area contributed by atoms with E-state index < -0.39 is 12.2 Å². The van der Waals surface area contributed by atoms with E-state index in [0.29, 0.717) is 17.9 Å². The number of hydrogen-bond acceptors (Lipinski definition) is 7. The van der Waals surface area contributed by atoms with Crippen molar-refractivity contribution in [3.05, 3.63) is 54.9 Å². The molecule has 0 aliphatic carbocycles. The number of carbonyl (C=O) groups excluding carboxylic acids is 2. The molecular formula is C23H26N6O4. The molecule has 10 nitrogen and oxygen atoms in total. The number of anilines is 2. The maximum absolute atomic E-state index is 12.9. The molecule has 3 heterocycles. The number of amides is 2. The van der Waals surface area contributed by atoms with Gasteiger partial charge in [-0.2, -0.15) is 5.10 Å². The van der Waals surface area contributed by atoms with Gasteiger partial charge in [-0.05, 0) is 38.5 Å². The molecule has 172 valence electrons. The molecule has 10 heteroatoms. The van der Waals surface area contributed by atoms with Crippen LogP contribution in [0.3, 0.4) is 0 Å². The standard InChI is InChI=1S/C23H26N6O4/c1-15(2)33-22(30)28-11-16(3)29(23(31)32-4)20-6-5-18(7-21(20)28)19-10-26-27(13-19)12-17-8-24-14-25-9-17/h5-10,13-16H,11-12H2,1-4H3/t16-/m0/s1. The van der Waals surface area contributed by atoms with Crippen LogP contribution in [0.15, 0.2) is 49.3 Å². The molecule has 0 spiro atoms. The Morgan fingerprint density at radius 3 is 2.55 bits per heavy atom. The summed E-state index contributed by atoms with van der Waals surface area (Å²) < 4.78 is 12.2. The molecule has 1 aliphatic rings. The SMILES string of the molecule is COC(=O)N1c2ccc(-c3cnn(Cc4cncnc4)c3)cc2N(C(=O)OC(C)C)C[C@@H]1C. The maximum Gasteiger partial charge on any atom is 0.414 e. The van der Waals surface area contributed by atoms with Gasteiger partial charge in [-0.3, -0.25) is 14.5 Å². The molecule has 2 amide bonds. The van der Waals surface area contributed by atoms with Crippen LogP contribution in [0.1, 0.15) is 26.3 Å². The minimum atomic E-state index is -0.480. The lowest BCUT2D eigenvalue weighted by Crippen LogP contribution is -2.52. The smallest absolute Gasteiger partial charge is 0.414 e. The fourth-order valence-corrected chi connectivity index (χ4v) is 3.82. The average Bonchev–Trinajstić information content (AvgIpc) is 3.26. The second-order valence-electron chi connectivity index (χ2n) is 8.11. The molecule has 2 aromatic heterocycles. The number of ether oxygens (including phenoxy) is 2. The molecule has 0 bridgehead atoms. The van der Waals surface area contributed by atoms with E-state index in [1.54, 1.807) is 46.9 Å². The van der Waals surface area contributed by atoms with Crippen molar-refractivity contribution < 1.29 is 19.1 Å². The topological polar surface area (TPSA) is 103 Å². The molecule has 1 atom stereocenters. The lowest BCUT2D eigenvalue weighted by atomic mass is 10.0. The highest BCUT2D eigenvalue weighted by Gasteiger charge is 2.36. The van der Waals surface area contributed by atoms with Crippen LogP contribution in [-0.4, -0.2) is 57.7 Å². The largest absolute Gasteiger partial charge is 0.452 e. The van der Waals surface area contributed by atoms with E-state index >= 15 is 0 Å². The van der Waals surface area contributed by atoms with E-state index in [9.17, 15) is 9.59 Å². The van der Waals surface area contributed by atoms with Crippen molar-refractivity contribution in [2.45, 2.75) is 39.5 Å². The summed E-state index contributed by atoms with van der Waals surface area (Å²) in [6.45, 7) is 6.28. The summed E-state index contributed by atoms with van der Waals surface area (Å²) >= 11 is 0. The van der Waals surface area contributed by atoms with Crippen molar-refractivity contribution in [1.29, 1.82) is 0 Å². The number of hydrogen-bond donors (Lipinski definition) is 0. The Bertz CT molecular complexity index is 1150. The Kier molecular flexibility index (Phi) is 6.25. The minimum absolute atomic E-state index is 0.265. The molecule has 0 saturated heterocycles. The summed E-state index contributed by atoms with van der Waals surface area (Å²) in [5, 5.41) is 4.43. The first-order valence-electron chi connectivity index (χ1n) is 10.6. The molecule has 0 radical (unpaired) electrons. The first-order chi connectivity index (χ1) is 15.9. The van der Waals surface area contributed by atoms with Gasteiger partial charge >= 0.3 is 12.2 Å². The zero-order valence-corrected chi connectivity index (χ0v) is 19.0. The normalized spacial score (nSPS) is 15.4. The molecule has 4 rings (SSSR count). The molecule has 1 aliphatic heterocycles. The van der Waals surface area contributed by atoms with Gasteiger partial charge in [0.2, 0.25) is 0 Å². The number of fused-ring (bicyclic) bond motifs is 1. The highest BCUT2D eigenvalue weighted by atomic mass is 16.6. The first kappa shape index (κ1) is 22.3. The second-order valence-corrected chi connectivity index (χ2v) is 8.11. The third kappa shape index (κ3) is 4.64. The van der Waals surface area contributed by atoms with E-state index in [2.05, 4.69) is 15.1 Å². The van der Waals surface area contributed by atoms with E-state index in [4.69, 9.17) is 9.47 Å². The summed E-state index contributed by atoms with van der Waals surface area (Å²) in [5.41, 5.74) is 3.81. The fraction of sp³-hybridized carbons (Fsp3) is 0.348. The van der Waals surface area contributed by atoms with E-state index in [1.165, 1.54) is 13.4 Å². The monoisotopic (exact) mass is 450 g/mol. The summed E-state index contributed by atoms with van der Waals surface area (Å²) in [5.74, 6) is 0. The van der Waals surface area contributed by atoms with Crippen LogP contribution in [0, 0.1) is 0 Å². The number of benzene rings is 1. The van der Waals surface area contributed by atoms with Crippen molar-refractivity contribution in [3.8, 4) is 11.1 Å². The number of methoxy groups -OCH3 is 1. The van der Waals surface area contributed by atoms with Crippen molar-refractivity contribution in [2.75, 3.05) is 23.5 Å². The van der Waals surface area contributed by atoms with Gasteiger partial charge < -0.3 is 9.47 Å². The highest BCUT2D eigenvalue weighted by Crippen LogP contribution is 2.39. The minimum Gasteiger partial charge on any atom is -0.452 e.